The van der Waals surface area contributed by atoms with E-state index >= 15 is 0 Å². The molecular formula is C28H35ClN8O3. The van der Waals surface area contributed by atoms with Crippen LogP contribution >= 0.6 is 11.6 Å². The Morgan fingerprint density at radius 2 is 1.95 bits per heavy atom. The monoisotopic (exact) mass is 566 g/mol. The van der Waals surface area contributed by atoms with Gasteiger partial charge in [0.15, 0.2) is 17.3 Å². The lowest BCUT2D eigenvalue weighted by Crippen LogP contribution is -2.53. The van der Waals surface area contributed by atoms with Crippen LogP contribution in [0.2, 0.25) is 5.02 Å². The van der Waals surface area contributed by atoms with Crippen molar-refractivity contribution in [2.24, 2.45) is 22.6 Å². The fraction of sp³-hybridized carbons (Fsp3) is 0.571. The first kappa shape index (κ1) is 26.9. The Morgan fingerprint density at radius 1 is 1.15 bits per heavy atom. The van der Waals surface area contributed by atoms with Gasteiger partial charge in [-0.25, -0.2) is 14.8 Å². The molecule has 3 aromatic heterocycles. The third kappa shape index (κ3) is 5.36. The summed E-state index contributed by atoms with van der Waals surface area (Å²) in [6.45, 7) is 4.50. The molecule has 3 aliphatic rings. The first-order chi connectivity index (χ1) is 19.4. The Kier molecular flexibility index (Phi) is 7.59. The molecule has 212 valence electrons. The average molecular weight is 567 g/mol. The second-order valence-corrected chi connectivity index (χ2v) is 11.8. The van der Waals surface area contributed by atoms with Crippen LogP contribution in [-0.2, 0) is 11.3 Å². The van der Waals surface area contributed by atoms with Crippen molar-refractivity contribution in [3.8, 4) is 11.3 Å². The summed E-state index contributed by atoms with van der Waals surface area (Å²) in [6, 6.07) is 2.03. The number of amidine groups is 1. The molecule has 3 aromatic rings. The van der Waals surface area contributed by atoms with Crippen LogP contribution in [-0.4, -0.2) is 66.8 Å². The molecule has 12 heteroatoms. The zero-order valence-electron chi connectivity index (χ0n) is 22.7. The molecule has 2 atom stereocenters. The maximum atomic E-state index is 11.3. The predicted molar refractivity (Wildman–Crippen MR) is 153 cm³/mol. The molecule has 0 spiro atoms. The van der Waals surface area contributed by atoms with Gasteiger partial charge in [-0.2, -0.15) is 9.98 Å². The molecular weight excluding hydrogens is 532 g/mol. The lowest BCUT2D eigenvalue weighted by Gasteiger charge is -2.44. The number of anilines is 1. The average Bonchev–Trinajstić information content (AvgIpc) is 3.31. The second kappa shape index (κ2) is 11.3. The Labute approximate surface area is 237 Å². The fourth-order valence-corrected chi connectivity index (χ4v) is 6.72. The highest BCUT2D eigenvalue weighted by molar-refractivity contribution is 6.30. The SMILES string of the molecule is CC1CCC(Cn2c(N3CCOC4CCCCC43)nc3nc(C(N)=NC(=O)O)nc(-c4cncc(Cl)c4)c32)CC1. The molecule has 11 nitrogen and oxygen atoms in total. The van der Waals surface area contributed by atoms with Crippen molar-refractivity contribution < 1.29 is 14.6 Å². The van der Waals surface area contributed by atoms with Crippen molar-refractivity contribution in [1.29, 1.82) is 0 Å². The van der Waals surface area contributed by atoms with Crippen LogP contribution < -0.4 is 10.6 Å². The maximum Gasteiger partial charge on any atom is 0.433 e. The number of hydrogen-bond acceptors (Lipinski definition) is 7. The highest BCUT2D eigenvalue weighted by atomic mass is 35.5. The van der Waals surface area contributed by atoms with Gasteiger partial charge in [0.25, 0.3) is 0 Å². The first-order valence-corrected chi connectivity index (χ1v) is 14.6. The number of carbonyl (C=O) groups is 1. The number of fused-ring (bicyclic) bond motifs is 2. The van der Waals surface area contributed by atoms with Gasteiger partial charge >= 0.3 is 6.09 Å². The quantitative estimate of drug-likeness (QED) is 0.325. The van der Waals surface area contributed by atoms with E-state index in [0.29, 0.717) is 34.5 Å². The van der Waals surface area contributed by atoms with Gasteiger partial charge in [0.05, 0.1) is 23.8 Å². The minimum atomic E-state index is -1.42. The normalized spacial score (nSPS) is 25.6. The predicted octanol–water partition coefficient (Wildman–Crippen LogP) is 4.90. The van der Waals surface area contributed by atoms with E-state index in [1.54, 1.807) is 18.5 Å². The Morgan fingerprint density at radius 3 is 2.73 bits per heavy atom. The van der Waals surface area contributed by atoms with Gasteiger partial charge in [0.2, 0.25) is 5.95 Å². The number of ether oxygens (including phenoxy) is 1. The summed E-state index contributed by atoms with van der Waals surface area (Å²) < 4.78 is 8.46. The summed E-state index contributed by atoms with van der Waals surface area (Å²) >= 11 is 6.35. The number of morpholine rings is 1. The topological polar surface area (TPSA) is 145 Å². The molecule has 1 aliphatic heterocycles. The van der Waals surface area contributed by atoms with Crippen LogP contribution in [0, 0.1) is 11.8 Å². The zero-order valence-corrected chi connectivity index (χ0v) is 23.4. The number of imidazole rings is 1. The van der Waals surface area contributed by atoms with E-state index in [4.69, 9.17) is 32.0 Å². The molecule has 0 radical (unpaired) electrons. The lowest BCUT2D eigenvalue weighted by molar-refractivity contribution is -0.00958. The molecule has 0 aromatic carbocycles. The van der Waals surface area contributed by atoms with Crippen molar-refractivity contribution >= 4 is 40.6 Å². The van der Waals surface area contributed by atoms with E-state index in [2.05, 4.69) is 31.4 Å². The fourth-order valence-electron chi connectivity index (χ4n) is 6.54. The molecule has 3 N–H and O–H groups in total. The summed E-state index contributed by atoms with van der Waals surface area (Å²) in [4.78, 5) is 35.9. The summed E-state index contributed by atoms with van der Waals surface area (Å²) in [7, 11) is 0. The van der Waals surface area contributed by atoms with E-state index in [9.17, 15) is 9.90 Å². The lowest BCUT2D eigenvalue weighted by atomic mass is 9.83. The van der Waals surface area contributed by atoms with Crippen molar-refractivity contribution in [3.63, 3.8) is 0 Å². The molecule has 0 bridgehead atoms. The number of rotatable bonds is 5. The third-order valence-corrected chi connectivity index (χ3v) is 8.78. The zero-order chi connectivity index (χ0) is 27.8. The third-order valence-electron chi connectivity index (χ3n) is 8.57. The summed E-state index contributed by atoms with van der Waals surface area (Å²) in [6.07, 6.45) is 11.2. The van der Waals surface area contributed by atoms with Crippen LogP contribution in [0.5, 0.6) is 0 Å². The van der Waals surface area contributed by atoms with E-state index < -0.39 is 6.09 Å². The Hall–Kier alpha value is -3.31. The van der Waals surface area contributed by atoms with Crippen LogP contribution in [0.3, 0.4) is 0 Å². The van der Waals surface area contributed by atoms with E-state index in [1.165, 1.54) is 19.3 Å². The van der Waals surface area contributed by atoms with E-state index in [1.807, 2.05) is 0 Å². The summed E-state index contributed by atoms with van der Waals surface area (Å²) in [5.74, 6) is 1.81. The summed E-state index contributed by atoms with van der Waals surface area (Å²) in [5, 5.41) is 9.68. The number of hydrogen-bond donors (Lipinski definition) is 2. The number of pyridine rings is 1. The number of carboxylic acid groups (broad SMARTS) is 1. The number of aliphatic imine (C=N–C) groups is 1. The van der Waals surface area contributed by atoms with Gasteiger partial charge in [-0.15, -0.1) is 0 Å². The number of aromatic nitrogens is 5. The molecule has 1 amide bonds. The second-order valence-electron chi connectivity index (χ2n) is 11.3. The minimum Gasteiger partial charge on any atom is -0.463 e. The van der Waals surface area contributed by atoms with Gasteiger partial charge < -0.3 is 25.0 Å². The minimum absolute atomic E-state index is 0.00471. The van der Waals surface area contributed by atoms with Crippen molar-refractivity contribution in [3.05, 3.63) is 29.3 Å². The summed E-state index contributed by atoms with van der Waals surface area (Å²) in [5.41, 5.74) is 8.48. The van der Waals surface area contributed by atoms with Crippen molar-refractivity contribution in [2.75, 3.05) is 18.1 Å². The molecule has 2 unspecified atom stereocenters. The number of halogens is 1. The molecule has 2 saturated carbocycles. The number of nitrogens with zero attached hydrogens (tertiary/aromatic N) is 7. The van der Waals surface area contributed by atoms with Crippen LogP contribution in [0.15, 0.2) is 23.5 Å². The molecule has 6 rings (SSSR count). The molecule has 4 heterocycles. The van der Waals surface area contributed by atoms with Gasteiger partial charge in [0.1, 0.15) is 11.2 Å². The smallest absolute Gasteiger partial charge is 0.433 e. The van der Waals surface area contributed by atoms with E-state index in [-0.39, 0.29) is 23.8 Å². The largest absolute Gasteiger partial charge is 0.463 e. The number of nitrogens with two attached hydrogens (primary N) is 1. The van der Waals surface area contributed by atoms with E-state index in [0.717, 1.165) is 62.6 Å². The van der Waals surface area contributed by atoms with Crippen LogP contribution in [0.4, 0.5) is 10.7 Å². The first-order valence-electron chi connectivity index (χ1n) is 14.2. The molecule has 2 aliphatic carbocycles. The molecule has 1 saturated heterocycles. The number of amides is 1. The van der Waals surface area contributed by atoms with Crippen molar-refractivity contribution in [2.45, 2.75) is 77.0 Å². The Balaban J connectivity index is 1.56. The van der Waals surface area contributed by atoms with Crippen LogP contribution in [0.25, 0.3) is 22.4 Å². The molecule has 40 heavy (non-hydrogen) atoms. The van der Waals surface area contributed by atoms with Crippen LogP contribution in [0.1, 0.15) is 64.1 Å². The van der Waals surface area contributed by atoms with Gasteiger partial charge in [-0.3, -0.25) is 4.98 Å². The highest BCUT2D eigenvalue weighted by Crippen LogP contribution is 2.38. The van der Waals surface area contributed by atoms with Gasteiger partial charge in [0, 0.05) is 31.0 Å². The molecule has 3 fully saturated rings. The van der Waals surface area contributed by atoms with Gasteiger partial charge in [-0.05, 0) is 43.6 Å². The van der Waals surface area contributed by atoms with Crippen molar-refractivity contribution in [1.82, 2.24) is 24.5 Å². The maximum absolute atomic E-state index is 11.3. The Bertz CT molecular complexity index is 1430. The van der Waals surface area contributed by atoms with Gasteiger partial charge in [-0.1, -0.05) is 44.2 Å². The standard InChI is InChI=1S/C28H35ClN8O3/c1-16-6-8-17(9-7-16)15-37-23-22(18-12-19(29)14-31-13-18)32-26(24(30)33-28(38)39)34-25(23)35-27(37)36-10-11-40-21-5-3-2-4-20(21)36/h12-14,16-17,20-21H,2-11,15H2,1H3,(H2,30,33)(H,38,39). The highest BCUT2D eigenvalue weighted by Gasteiger charge is 2.37.